The molecule has 3 rings (SSSR count). The van der Waals surface area contributed by atoms with E-state index in [0.29, 0.717) is 13.1 Å². The van der Waals surface area contributed by atoms with E-state index in [-0.39, 0.29) is 6.09 Å². The largest absolute Gasteiger partial charge is 0.444 e. The van der Waals surface area contributed by atoms with Crippen LogP contribution < -0.4 is 4.90 Å². The Balaban J connectivity index is 1.59. The summed E-state index contributed by atoms with van der Waals surface area (Å²) >= 11 is 0. The molecule has 0 radical (unpaired) electrons. The van der Waals surface area contributed by atoms with Gasteiger partial charge in [-0.1, -0.05) is 30.3 Å². The normalized spacial score (nSPS) is 15.2. The van der Waals surface area contributed by atoms with E-state index < -0.39 is 5.60 Å². The van der Waals surface area contributed by atoms with Gasteiger partial charge < -0.3 is 14.5 Å². The molecule has 0 bridgehead atoms. The van der Waals surface area contributed by atoms with Crippen LogP contribution in [0.1, 0.15) is 20.8 Å². The molecule has 5 nitrogen and oxygen atoms in total. The SMILES string of the molecule is CC(C)(C)OC(=O)N1CCN(c2ccc(-c3ccccc3)nc2)CC1. The Kier molecular flexibility index (Phi) is 4.93. The van der Waals surface area contributed by atoms with Crippen molar-refractivity contribution in [1.82, 2.24) is 9.88 Å². The van der Waals surface area contributed by atoms with Crippen molar-refractivity contribution in [2.75, 3.05) is 31.1 Å². The molecule has 0 unspecified atom stereocenters. The summed E-state index contributed by atoms with van der Waals surface area (Å²) in [7, 11) is 0. The Bertz CT molecular complexity index is 700. The highest BCUT2D eigenvalue weighted by molar-refractivity contribution is 5.68. The second-order valence-corrected chi connectivity index (χ2v) is 7.22. The molecule has 0 spiro atoms. The predicted octanol–water partition coefficient (Wildman–Crippen LogP) is 3.81. The van der Waals surface area contributed by atoms with Crippen LogP contribution in [0.2, 0.25) is 0 Å². The number of aromatic nitrogens is 1. The number of benzene rings is 1. The van der Waals surface area contributed by atoms with Crippen LogP contribution in [-0.2, 0) is 4.74 Å². The van der Waals surface area contributed by atoms with Crippen LogP contribution in [0.3, 0.4) is 0 Å². The zero-order valence-corrected chi connectivity index (χ0v) is 15.1. The third-order valence-corrected chi connectivity index (χ3v) is 4.11. The minimum absolute atomic E-state index is 0.232. The number of hydrogen-bond donors (Lipinski definition) is 0. The maximum Gasteiger partial charge on any atom is 0.410 e. The third kappa shape index (κ3) is 4.50. The molecular formula is C20H25N3O2. The second kappa shape index (κ2) is 7.13. The molecule has 0 atom stereocenters. The molecule has 132 valence electrons. The molecule has 5 heteroatoms. The van der Waals surface area contributed by atoms with Gasteiger partial charge in [0.05, 0.1) is 17.6 Å². The van der Waals surface area contributed by atoms with Crippen LogP contribution in [0, 0.1) is 0 Å². The average molecular weight is 339 g/mol. The van der Waals surface area contributed by atoms with Crippen LogP contribution in [0.4, 0.5) is 10.5 Å². The van der Waals surface area contributed by atoms with Gasteiger partial charge in [-0.3, -0.25) is 4.98 Å². The Morgan fingerprint density at radius 1 is 1.00 bits per heavy atom. The van der Waals surface area contributed by atoms with Gasteiger partial charge in [0.1, 0.15) is 5.60 Å². The minimum Gasteiger partial charge on any atom is -0.444 e. The van der Waals surface area contributed by atoms with E-state index in [0.717, 1.165) is 30.0 Å². The number of ether oxygens (including phenoxy) is 1. The van der Waals surface area contributed by atoms with E-state index in [1.54, 1.807) is 4.90 Å². The molecule has 1 amide bonds. The minimum atomic E-state index is -0.453. The Labute approximate surface area is 149 Å². The van der Waals surface area contributed by atoms with Gasteiger partial charge in [0.25, 0.3) is 0 Å². The Hall–Kier alpha value is -2.56. The molecule has 1 aromatic carbocycles. The zero-order valence-electron chi connectivity index (χ0n) is 15.1. The van der Waals surface area contributed by atoms with Crippen molar-refractivity contribution in [3.05, 3.63) is 48.7 Å². The van der Waals surface area contributed by atoms with E-state index in [1.807, 2.05) is 51.2 Å². The van der Waals surface area contributed by atoms with Crippen molar-refractivity contribution in [2.45, 2.75) is 26.4 Å². The van der Waals surface area contributed by atoms with Crippen LogP contribution in [0.5, 0.6) is 0 Å². The standard InChI is InChI=1S/C20H25N3O2/c1-20(2,3)25-19(24)23-13-11-22(12-14-23)17-9-10-18(21-15-17)16-7-5-4-6-8-16/h4-10,15H,11-14H2,1-3H3. The van der Waals surface area contributed by atoms with Crippen LogP contribution in [0.15, 0.2) is 48.7 Å². The molecule has 25 heavy (non-hydrogen) atoms. The Morgan fingerprint density at radius 3 is 2.24 bits per heavy atom. The monoisotopic (exact) mass is 339 g/mol. The predicted molar refractivity (Wildman–Crippen MR) is 99.7 cm³/mol. The lowest BCUT2D eigenvalue weighted by atomic mass is 10.1. The van der Waals surface area contributed by atoms with Crippen molar-refractivity contribution < 1.29 is 9.53 Å². The molecule has 0 N–H and O–H groups in total. The summed E-state index contributed by atoms with van der Waals surface area (Å²) in [6, 6.07) is 14.3. The van der Waals surface area contributed by atoms with E-state index in [9.17, 15) is 4.79 Å². The van der Waals surface area contributed by atoms with E-state index >= 15 is 0 Å². The summed E-state index contributed by atoms with van der Waals surface area (Å²) in [6.45, 7) is 8.56. The summed E-state index contributed by atoms with van der Waals surface area (Å²) in [5.74, 6) is 0. The zero-order chi connectivity index (χ0) is 17.9. The smallest absolute Gasteiger partial charge is 0.410 e. The summed E-state index contributed by atoms with van der Waals surface area (Å²) in [5.41, 5.74) is 2.72. The first-order valence-corrected chi connectivity index (χ1v) is 8.67. The van der Waals surface area contributed by atoms with Gasteiger partial charge in [0.2, 0.25) is 0 Å². The molecule has 1 fully saturated rings. The number of carbonyl (C=O) groups excluding carboxylic acids is 1. The van der Waals surface area contributed by atoms with Gasteiger partial charge >= 0.3 is 6.09 Å². The van der Waals surface area contributed by atoms with Gasteiger partial charge in [-0.15, -0.1) is 0 Å². The first-order chi connectivity index (χ1) is 11.9. The van der Waals surface area contributed by atoms with Crippen molar-refractivity contribution in [3.63, 3.8) is 0 Å². The van der Waals surface area contributed by atoms with Crippen molar-refractivity contribution in [1.29, 1.82) is 0 Å². The number of piperazine rings is 1. The molecule has 1 saturated heterocycles. The lowest BCUT2D eigenvalue weighted by molar-refractivity contribution is 0.0240. The van der Waals surface area contributed by atoms with Gasteiger partial charge in [0, 0.05) is 31.7 Å². The molecule has 0 saturated carbocycles. The first kappa shape index (κ1) is 17.3. The molecular weight excluding hydrogens is 314 g/mol. The van der Waals surface area contributed by atoms with Crippen LogP contribution in [-0.4, -0.2) is 47.8 Å². The van der Waals surface area contributed by atoms with Gasteiger partial charge in [-0.05, 0) is 32.9 Å². The number of hydrogen-bond acceptors (Lipinski definition) is 4. The van der Waals surface area contributed by atoms with E-state index in [1.165, 1.54) is 0 Å². The highest BCUT2D eigenvalue weighted by Gasteiger charge is 2.26. The summed E-state index contributed by atoms with van der Waals surface area (Å²) in [4.78, 5) is 20.7. The quantitative estimate of drug-likeness (QED) is 0.835. The van der Waals surface area contributed by atoms with E-state index in [4.69, 9.17) is 4.74 Å². The topological polar surface area (TPSA) is 45.7 Å². The molecule has 0 aliphatic carbocycles. The first-order valence-electron chi connectivity index (χ1n) is 8.67. The fourth-order valence-corrected chi connectivity index (χ4v) is 2.83. The molecule has 1 aliphatic heterocycles. The van der Waals surface area contributed by atoms with Crippen molar-refractivity contribution in [2.24, 2.45) is 0 Å². The third-order valence-electron chi connectivity index (χ3n) is 4.11. The maximum atomic E-state index is 12.1. The highest BCUT2D eigenvalue weighted by atomic mass is 16.6. The molecule has 2 heterocycles. The number of anilines is 1. The number of nitrogens with zero attached hydrogens (tertiary/aromatic N) is 3. The fourth-order valence-electron chi connectivity index (χ4n) is 2.83. The highest BCUT2D eigenvalue weighted by Crippen LogP contribution is 2.21. The Morgan fingerprint density at radius 2 is 1.68 bits per heavy atom. The molecule has 2 aromatic rings. The summed E-state index contributed by atoms with van der Waals surface area (Å²) in [5, 5.41) is 0. The second-order valence-electron chi connectivity index (χ2n) is 7.22. The van der Waals surface area contributed by atoms with Gasteiger partial charge in [0.15, 0.2) is 0 Å². The maximum absolute atomic E-state index is 12.1. The summed E-state index contributed by atoms with van der Waals surface area (Å²) in [6.07, 6.45) is 1.68. The molecule has 1 aromatic heterocycles. The van der Waals surface area contributed by atoms with Crippen LogP contribution in [0.25, 0.3) is 11.3 Å². The average Bonchev–Trinajstić information content (AvgIpc) is 2.61. The summed E-state index contributed by atoms with van der Waals surface area (Å²) < 4.78 is 5.44. The van der Waals surface area contributed by atoms with Gasteiger partial charge in [-0.25, -0.2) is 4.79 Å². The van der Waals surface area contributed by atoms with Crippen LogP contribution >= 0.6 is 0 Å². The van der Waals surface area contributed by atoms with Crippen molar-refractivity contribution >= 4 is 11.8 Å². The van der Waals surface area contributed by atoms with E-state index in [2.05, 4.69) is 28.1 Å². The van der Waals surface area contributed by atoms with Gasteiger partial charge in [-0.2, -0.15) is 0 Å². The van der Waals surface area contributed by atoms with Crippen molar-refractivity contribution in [3.8, 4) is 11.3 Å². The number of carbonyl (C=O) groups is 1. The lowest BCUT2D eigenvalue weighted by Gasteiger charge is -2.36. The number of rotatable bonds is 2. The number of pyridine rings is 1. The number of amides is 1. The fraction of sp³-hybridized carbons (Fsp3) is 0.400. The molecule has 1 aliphatic rings. The lowest BCUT2D eigenvalue weighted by Crippen LogP contribution is -2.50.